The van der Waals surface area contributed by atoms with Gasteiger partial charge in [0.2, 0.25) is 0 Å². The van der Waals surface area contributed by atoms with E-state index in [1.807, 2.05) is 18.5 Å². The number of aliphatic imine (C=N–C) groups is 1. The number of morpholine rings is 1. The SMILES string of the molecule is Cc1nnc(CN=C(NCC2CCCO2)N2CCC(N3CCOCC3)C2)n1C.I. The Kier molecular flexibility index (Phi) is 8.51. The summed E-state index contributed by atoms with van der Waals surface area (Å²) < 4.78 is 13.3. The summed E-state index contributed by atoms with van der Waals surface area (Å²) in [6, 6.07) is 0.579. The van der Waals surface area contributed by atoms with Crippen molar-refractivity contribution in [2.24, 2.45) is 12.0 Å². The van der Waals surface area contributed by atoms with Crippen LogP contribution in [0.3, 0.4) is 0 Å². The number of likely N-dealkylation sites (tertiary alicyclic amines) is 1. The van der Waals surface area contributed by atoms with Gasteiger partial charge in [0.1, 0.15) is 12.4 Å². The van der Waals surface area contributed by atoms with E-state index in [0.29, 0.717) is 18.7 Å². The van der Waals surface area contributed by atoms with Crippen LogP contribution in [-0.4, -0.2) is 95.2 Å². The van der Waals surface area contributed by atoms with Gasteiger partial charge in [0.15, 0.2) is 11.8 Å². The van der Waals surface area contributed by atoms with Crippen molar-refractivity contribution in [2.45, 2.75) is 44.9 Å². The normalized spacial score (nSPS) is 26.0. The zero-order valence-corrected chi connectivity index (χ0v) is 19.9. The van der Waals surface area contributed by atoms with Crippen LogP contribution in [0.15, 0.2) is 4.99 Å². The van der Waals surface area contributed by atoms with Crippen molar-refractivity contribution in [3.8, 4) is 0 Å². The Hall–Kier alpha value is -0.980. The first-order valence-electron chi connectivity index (χ1n) is 10.5. The van der Waals surface area contributed by atoms with Crippen LogP contribution >= 0.6 is 24.0 Å². The molecular weight excluding hydrogens is 485 g/mol. The summed E-state index contributed by atoms with van der Waals surface area (Å²) in [5, 5.41) is 12.0. The van der Waals surface area contributed by atoms with E-state index in [-0.39, 0.29) is 24.0 Å². The van der Waals surface area contributed by atoms with E-state index in [1.165, 1.54) is 6.42 Å². The zero-order chi connectivity index (χ0) is 19.3. The molecule has 4 rings (SSSR count). The second-order valence-corrected chi connectivity index (χ2v) is 7.92. The van der Waals surface area contributed by atoms with Crippen molar-refractivity contribution in [3.05, 3.63) is 11.6 Å². The highest BCUT2D eigenvalue weighted by Gasteiger charge is 2.30. The molecule has 1 N–H and O–H groups in total. The predicted molar refractivity (Wildman–Crippen MR) is 122 cm³/mol. The average molecular weight is 519 g/mol. The van der Waals surface area contributed by atoms with E-state index in [1.54, 1.807) is 0 Å². The summed E-state index contributed by atoms with van der Waals surface area (Å²) in [4.78, 5) is 9.85. The van der Waals surface area contributed by atoms with Crippen LogP contribution in [0.25, 0.3) is 0 Å². The first-order chi connectivity index (χ1) is 13.7. The number of aromatic nitrogens is 3. The predicted octanol–water partition coefficient (Wildman–Crippen LogP) is 0.773. The molecular formula is C19H34IN7O2. The van der Waals surface area contributed by atoms with Crippen molar-refractivity contribution in [2.75, 3.05) is 52.5 Å². The molecule has 0 spiro atoms. The third-order valence-electron chi connectivity index (χ3n) is 6.09. The molecule has 0 saturated carbocycles. The topological polar surface area (TPSA) is 80.0 Å². The molecule has 1 aromatic rings. The Morgan fingerprint density at radius 1 is 1.17 bits per heavy atom. The fourth-order valence-electron chi connectivity index (χ4n) is 4.19. The molecule has 164 valence electrons. The highest BCUT2D eigenvalue weighted by Crippen LogP contribution is 2.18. The van der Waals surface area contributed by atoms with Crippen LogP contribution in [0.4, 0.5) is 0 Å². The largest absolute Gasteiger partial charge is 0.379 e. The average Bonchev–Trinajstić information content (AvgIpc) is 3.47. The van der Waals surface area contributed by atoms with Gasteiger partial charge in [0, 0.05) is 52.4 Å². The molecule has 0 aromatic carbocycles. The molecule has 10 heteroatoms. The van der Waals surface area contributed by atoms with Gasteiger partial charge in [-0.2, -0.15) is 0 Å². The van der Waals surface area contributed by atoms with Gasteiger partial charge >= 0.3 is 0 Å². The van der Waals surface area contributed by atoms with Crippen LogP contribution in [-0.2, 0) is 23.1 Å². The minimum absolute atomic E-state index is 0. The maximum Gasteiger partial charge on any atom is 0.194 e. The zero-order valence-electron chi connectivity index (χ0n) is 17.5. The fraction of sp³-hybridized carbons (Fsp3) is 0.842. The van der Waals surface area contributed by atoms with Gasteiger partial charge < -0.3 is 24.3 Å². The quantitative estimate of drug-likeness (QED) is 0.350. The number of nitrogens with zero attached hydrogens (tertiary/aromatic N) is 6. The molecule has 3 saturated heterocycles. The maximum atomic E-state index is 5.78. The summed E-state index contributed by atoms with van der Waals surface area (Å²) in [6.07, 6.45) is 3.74. The molecule has 3 aliphatic rings. The number of halogens is 1. The summed E-state index contributed by atoms with van der Waals surface area (Å²) in [6.45, 7) is 9.98. The summed E-state index contributed by atoms with van der Waals surface area (Å²) in [7, 11) is 1.99. The molecule has 0 aliphatic carbocycles. The Morgan fingerprint density at radius 2 is 2.00 bits per heavy atom. The minimum atomic E-state index is 0. The Balaban J connectivity index is 0.00000240. The van der Waals surface area contributed by atoms with E-state index in [9.17, 15) is 0 Å². The lowest BCUT2D eigenvalue weighted by atomic mass is 10.2. The molecule has 0 amide bonds. The lowest BCUT2D eigenvalue weighted by Crippen LogP contribution is -2.47. The Morgan fingerprint density at radius 3 is 2.69 bits per heavy atom. The summed E-state index contributed by atoms with van der Waals surface area (Å²) in [5.74, 6) is 2.76. The van der Waals surface area contributed by atoms with Crippen LogP contribution in [0.5, 0.6) is 0 Å². The molecule has 29 heavy (non-hydrogen) atoms. The number of aryl methyl sites for hydroxylation is 1. The lowest BCUT2D eigenvalue weighted by Gasteiger charge is -2.32. The van der Waals surface area contributed by atoms with Crippen LogP contribution < -0.4 is 5.32 Å². The maximum absolute atomic E-state index is 5.78. The van der Waals surface area contributed by atoms with E-state index in [2.05, 4.69) is 25.3 Å². The van der Waals surface area contributed by atoms with Gasteiger partial charge in [-0.3, -0.25) is 4.90 Å². The van der Waals surface area contributed by atoms with Gasteiger partial charge in [-0.25, -0.2) is 4.99 Å². The van der Waals surface area contributed by atoms with Crippen LogP contribution in [0.1, 0.15) is 30.9 Å². The molecule has 0 radical (unpaired) electrons. The van der Waals surface area contributed by atoms with Gasteiger partial charge in [-0.15, -0.1) is 34.2 Å². The standard InChI is InChI=1S/C19H33N7O2.HI/c1-15-22-23-18(24(15)2)13-21-19(20-12-17-4-3-9-28-17)26-6-5-16(14-26)25-7-10-27-11-8-25;/h16-17H,3-14H2,1-2H3,(H,20,21);1H. The van der Waals surface area contributed by atoms with E-state index in [0.717, 1.165) is 83.0 Å². The fourth-order valence-corrected chi connectivity index (χ4v) is 4.19. The monoisotopic (exact) mass is 519 g/mol. The highest BCUT2D eigenvalue weighted by atomic mass is 127. The minimum Gasteiger partial charge on any atom is -0.379 e. The second-order valence-electron chi connectivity index (χ2n) is 7.92. The van der Waals surface area contributed by atoms with Crippen molar-refractivity contribution in [3.63, 3.8) is 0 Å². The van der Waals surface area contributed by atoms with Crippen LogP contribution in [0.2, 0.25) is 0 Å². The molecule has 1 aromatic heterocycles. The number of guanidine groups is 1. The van der Waals surface area contributed by atoms with E-state index in [4.69, 9.17) is 14.5 Å². The molecule has 9 nitrogen and oxygen atoms in total. The Bertz CT molecular complexity index is 672. The lowest BCUT2D eigenvalue weighted by molar-refractivity contribution is 0.0194. The number of hydrogen-bond acceptors (Lipinski definition) is 6. The van der Waals surface area contributed by atoms with Crippen molar-refractivity contribution in [1.29, 1.82) is 0 Å². The second kappa shape index (κ2) is 10.9. The molecule has 2 atom stereocenters. The van der Waals surface area contributed by atoms with E-state index < -0.39 is 0 Å². The first-order valence-corrected chi connectivity index (χ1v) is 10.5. The number of rotatable bonds is 5. The van der Waals surface area contributed by atoms with E-state index >= 15 is 0 Å². The third kappa shape index (κ3) is 5.80. The highest BCUT2D eigenvalue weighted by molar-refractivity contribution is 14.0. The first kappa shape index (κ1) is 22.7. The number of ether oxygens (including phenoxy) is 2. The number of hydrogen-bond donors (Lipinski definition) is 1. The Labute approximate surface area is 190 Å². The molecule has 3 aliphatic heterocycles. The van der Waals surface area contributed by atoms with Gasteiger partial charge in [-0.05, 0) is 26.2 Å². The van der Waals surface area contributed by atoms with Gasteiger partial charge in [0.25, 0.3) is 0 Å². The smallest absolute Gasteiger partial charge is 0.194 e. The van der Waals surface area contributed by atoms with Crippen molar-refractivity contribution >= 4 is 29.9 Å². The van der Waals surface area contributed by atoms with Crippen molar-refractivity contribution < 1.29 is 9.47 Å². The number of nitrogens with one attached hydrogen (secondary N) is 1. The van der Waals surface area contributed by atoms with Crippen molar-refractivity contribution in [1.82, 2.24) is 29.9 Å². The van der Waals surface area contributed by atoms with Gasteiger partial charge in [0.05, 0.1) is 19.3 Å². The molecule has 4 heterocycles. The molecule has 0 bridgehead atoms. The summed E-state index contributed by atoms with van der Waals surface area (Å²) in [5.41, 5.74) is 0. The molecule has 2 unspecified atom stereocenters. The van der Waals surface area contributed by atoms with Crippen LogP contribution in [0, 0.1) is 6.92 Å². The van der Waals surface area contributed by atoms with Gasteiger partial charge in [-0.1, -0.05) is 0 Å². The molecule has 3 fully saturated rings. The third-order valence-corrected chi connectivity index (χ3v) is 6.09. The summed E-state index contributed by atoms with van der Waals surface area (Å²) >= 11 is 0.